The number of benzene rings is 3. The molecule has 2 fully saturated rings. The number of halogens is 1. The standard InChI is InChI=1S/C34H37IN4O5/c1-21-14-26(17-32(42-4)23(21)3)44-30-8-7-24(16-28(30)35)33(40)38-12-10-37(11-13-38)20-43-31-18-29-27(15-22(31)2)34(41)39-9-5-6-25(39)19-36-29/h7-8,14-19,25H,5-6,9-13,20H2,1-4H3/t25-/m0/s1. The first-order chi connectivity index (χ1) is 21.2. The number of nitrogens with zero attached hydrogens (tertiary/aromatic N) is 4. The maximum absolute atomic E-state index is 13.4. The van der Waals surface area contributed by atoms with Crippen molar-refractivity contribution in [1.82, 2.24) is 14.7 Å². The molecule has 3 aromatic rings. The molecule has 230 valence electrons. The number of aliphatic imine (C=N–C) groups is 1. The minimum atomic E-state index is 0.00696. The minimum absolute atomic E-state index is 0.00696. The van der Waals surface area contributed by atoms with Crippen LogP contribution in [0.2, 0.25) is 0 Å². The highest BCUT2D eigenvalue weighted by Gasteiger charge is 2.32. The number of hydrogen-bond donors (Lipinski definition) is 0. The van der Waals surface area contributed by atoms with Crippen LogP contribution in [0.15, 0.2) is 47.5 Å². The predicted octanol–water partition coefficient (Wildman–Crippen LogP) is 6.13. The molecule has 3 heterocycles. The van der Waals surface area contributed by atoms with Crippen LogP contribution in [0.5, 0.6) is 23.0 Å². The predicted molar refractivity (Wildman–Crippen MR) is 178 cm³/mol. The Morgan fingerprint density at radius 2 is 1.75 bits per heavy atom. The zero-order chi connectivity index (χ0) is 31.0. The molecule has 44 heavy (non-hydrogen) atoms. The molecule has 0 N–H and O–H groups in total. The number of amides is 2. The monoisotopic (exact) mass is 708 g/mol. The molecule has 2 saturated heterocycles. The summed E-state index contributed by atoms with van der Waals surface area (Å²) >= 11 is 2.21. The summed E-state index contributed by atoms with van der Waals surface area (Å²) in [6.07, 6.45) is 3.88. The maximum atomic E-state index is 13.4. The molecular formula is C34H37IN4O5. The summed E-state index contributed by atoms with van der Waals surface area (Å²) in [6.45, 7) is 9.83. The lowest BCUT2D eigenvalue weighted by molar-refractivity contribution is 0.0480. The fraction of sp³-hybridized carbons (Fsp3) is 0.382. The van der Waals surface area contributed by atoms with E-state index in [1.165, 1.54) is 0 Å². The average molecular weight is 709 g/mol. The number of rotatable bonds is 7. The van der Waals surface area contributed by atoms with E-state index in [4.69, 9.17) is 14.2 Å². The number of ether oxygens (including phenoxy) is 3. The molecule has 0 aliphatic carbocycles. The number of aryl methyl sites for hydroxylation is 2. The topological polar surface area (TPSA) is 83.9 Å². The van der Waals surface area contributed by atoms with Gasteiger partial charge in [-0.25, -0.2) is 0 Å². The Morgan fingerprint density at radius 1 is 0.955 bits per heavy atom. The van der Waals surface area contributed by atoms with Crippen LogP contribution in [-0.4, -0.2) is 85.3 Å². The van der Waals surface area contributed by atoms with Gasteiger partial charge in [-0.1, -0.05) is 0 Å². The van der Waals surface area contributed by atoms with E-state index >= 15 is 0 Å². The summed E-state index contributed by atoms with van der Waals surface area (Å²) in [5.41, 5.74) is 5.03. The lowest BCUT2D eigenvalue weighted by atomic mass is 10.1. The van der Waals surface area contributed by atoms with E-state index in [-0.39, 0.29) is 17.9 Å². The Kier molecular flexibility index (Phi) is 8.82. The second-order valence-electron chi connectivity index (χ2n) is 11.6. The van der Waals surface area contributed by atoms with E-state index in [1.54, 1.807) is 7.11 Å². The molecule has 0 aromatic heterocycles. The first-order valence-electron chi connectivity index (χ1n) is 15.0. The first-order valence-corrected chi connectivity index (χ1v) is 16.1. The summed E-state index contributed by atoms with van der Waals surface area (Å²) in [7, 11) is 1.65. The van der Waals surface area contributed by atoms with Gasteiger partial charge in [0.15, 0.2) is 0 Å². The SMILES string of the molecule is COc1cc(Oc2ccc(C(=O)N3CCN(COc4cc5c(cc4C)C(=O)N4CCC[C@H]4C=N5)CC3)cc2I)cc(C)c1C. The third-order valence-electron chi connectivity index (χ3n) is 8.75. The fourth-order valence-corrected chi connectivity index (χ4v) is 6.59. The Morgan fingerprint density at radius 3 is 2.50 bits per heavy atom. The molecule has 2 amide bonds. The zero-order valence-electron chi connectivity index (χ0n) is 25.6. The molecule has 0 saturated carbocycles. The van der Waals surface area contributed by atoms with Gasteiger partial charge in [0.25, 0.3) is 11.8 Å². The molecule has 0 spiro atoms. The summed E-state index contributed by atoms with van der Waals surface area (Å²) in [5.74, 6) is 2.96. The molecule has 3 aliphatic rings. The molecule has 6 rings (SSSR count). The minimum Gasteiger partial charge on any atom is -0.496 e. The van der Waals surface area contributed by atoms with Crippen LogP contribution in [0, 0.1) is 24.3 Å². The largest absolute Gasteiger partial charge is 0.496 e. The van der Waals surface area contributed by atoms with Gasteiger partial charge in [-0.05, 0) is 103 Å². The highest BCUT2D eigenvalue weighted by atomic mass is 127. The van der Waals surface area contributed by atoms with E-state index in [1.807, 2.05) is 79.3 Å². The Balaban J connectivity index is 1.04. The molecule has 9 nitrogen and oxygen atoms in total. The molecule has 0 radical (unpaired) electrons. The Bertz CT molecular complexity index is 1630. The van der Waals surface area contributed by atoms with Crippen LogP contribution in [0.4, 0.5) is 5.69 Å². The average Bonchev–Trinajstić information content (AvgIpc) is 3.46. The fourth-order valence-electron chi connectivity index (χ4n) is 5.96. The summed E-state index contributed by atoms with van der Waals surface area (Å²) in [5, 5.41) is 0. The highest BCUT2D eigenvalue weighted by Crippen LogP contribution is 2.35. The smallest absolute Gasteiger partial charge is 0.256 e. The number of hydrogen-bond acceptors (Lipinski definition) is 7. The number of fused-ring (bicyclic) bond motifs is 2. The van der Waals surface area contributed by atoms with E-state index in [2.05, 4.69) is 32.5 Å². The van der Waals surface area contributed by atoms with Crippen molar-refractivity contribution >= 4 is 46.3 Å². The molecule has 3 aliphatic heterocycles. The Hall–Kier alpha value is -3.64. The van der Waals surface area contributed by atoms with Gasteiger partial charge in [-0.15, -0.1) is 0 Å². The number of carbonyl (C=O) groups is 2. The second-order valence-corrected chi connectivity index (χ2v) is 12.8. The van der Waals surface area contributed by atoms with Gasteiger partial charge in [0.1, 0.15) is 29.7 Å². The van der Waals surface area contributed by atoms with Gasteiger partial charge in [-0.2, -0.15) is 0 Å². The summed E-state index contributed by atoms with van der Waals surface area (Å²) in [6, 6.07) is 13.3. The van der Waals surface area contributed by atoms with Crippen LogP contribution in [0.25, 0.3) is 0 Å². The normalized spacial score (nSPS) is 18.1. The molecule has 1 atom stereocenters. The maximum Gasteiger partial charge on any atom is 0.256 e. The van der Waals surface area contributed by atoms with Crippen LogP contribution < -0.4 is 14.2 Å². The number of methoxy groups -OCH3 is 1. The van der Waals surface area contributed by atoms with Crippen molar-refractivity contribution in [1.29, 1.82) is 0 Å². The summed E-state index contributed by atoms with van der Waals surface area (Å²) in [4.78, 5) is 37.1. The second kappa shape index (κ2) is 12.8. The van der Waals surface area contributed by atoms with E-state index in [0.29, 0.717) is 61.2 Å². The quantitative estimate of drug-likeness (QED) is 0.275. The van der Waals surface area contributed by atoms with Gasteiger partial charge in [0.2, 0.25) is 0 Å². The first kappa shape index (κ1) is 30.4. The van der Waals surface area contributed by atoms with Gasteiger partial charge < -0.3 is 24.0 Å². The summed E-state index contributed by atoms with van der Waals surface area (Å²) < 4.78 is 18.7. The molecule has 10 heteroatoms. The number of carbonyl (C=O) groups excluding carboxylic acids is 2. The van der Waals surface area contributed by atoms with Crippen molar-refractivity contribution in [3.8, 4) is 23.0 Å². The molecule has 0 unspecified atom stereocenters. The van der Waals surface area contributed by atoms with Crippen molar-refractivity contribution in [3.63, 3.8) is 0 Å². The van der Waals surface area contributed by atoms with Crippen LogP contribution in [0.1, 0.15) is 50.2 Å². The highest BCUT2D eigenvalue weighted by molar-refractivity contribution is 14.1. The molecule has 3 aromatic carbocycles. The van der Waals surface area contributed by atoms with E-state index < -0.39 is 0 Å². The van der Waals surface area contributed by atoms with Gasteiger partial charge in [0.05, 0.1) is 28.0 Å². The zero-order valence-corrected chi connectivity index (χ0v) is 27.7. The third kappa shape index (κ3) is 6.14. The van der Waals surface area contributed by atoms with Crippen LogP contribution >= 0.6 is 22.6 Å². The lowest BCUT2D eigenvalue weighted by Gasteiger charge is -2.34. The van der Waals surface area contributed by atoms with Gasteiger partial charge >= 0.3 is 0 Å². The van der Waals surface area contributed by atoms with E-state index in [0.717, 1.165) is 51.1 Å². The van der Waals surface area contributed by atoms with Crippen molar-refractivity contribution in [2.24, 2.45) is 4.99 Å². The van der Waals surface area contributed by atoms with Crippen LogP contribution in [0.3, 0.4) is 0 Å². The number of piperazine rings is 1. The third-order valence-corrected chi connectivity index (χ3v) is 9.59. The lowest BCUT2D eigenvalue weighted by Crippen LogP contribution is -2.49. The molecular weight excluding hydrogens is 671 g/mol. The van der Waals surface area contributed by atoms with Gasteiger partial charge in [-0.3, -0.25) is 19.5 Å². The van der Waals surface area contributed by atoms with Crippen LogP contribution in [-0.2, 0) is 0 Å². The van der Waals surface area contributed by atoms with Crippen molar-refractivity contribution in [3.05, 3.63) is 73.9 Å². The van der Waals surface area contributed by atoms with Crippen molar-refractivity contribution in [2.45, 2.75) is 39.7 Å². The van der Waals surface area contributed by atoms with Crippen molar-refractivity contribution in [2.75, 3.05) is 46.6 Å². The van der Waals surface area contributed by atoms with Crippen molar-refractivity contribution < 1.29 is 23.8 Å². The Labute approximate surface area is 271 Å². The molecule has 0 bridgehead atoms. The van der Waals surface area contributed by atoms with E-state index in [9.17, 15) is 9.59 Å². The van der Waals surface area contributed by atoms with Gasteiger partial charge in [0, 0.05) is 56.6 Å².